The van der Waals surface area contributed by atoms with Crippen molar-refractivity contribution in [3.8, 4) is 11.5 Å². The van der Waals surface area contributed by atoms with Gasteiger partial charge in [-0.3, -0.25) is 4.79 Å². The second kappa shape index (κ2) is 9.47. The average molecular weight is 488 g/mol. The van der Waals surface area contributed by atoms with Gasteiger partial charge in [0.25, 0.3) is 0 Å². The van der Waals surface area contributed by atoms with Crippen molar-refractivity contribution in [1.82, 2.24) is 4.72 Å². The number of hydrogen-bond donors (Lipinski definition) is 1. The van der Waals surface area contributed by atoms with Gasteiger partial charge in [0.05, 0.1) is 4.90 Å². The molecule has 4 rings (SSSR count). The van der Waals surface area contributed by atoms with E-state index in [4.69, 9.17) is 18.6 Å². The molecule has 0 radical (unpaired) electrons. The standard InChI is InChI=1S/C24H25NO8S/c1-14(2)23(25-34(28,29)17-5-7-19-21(12-17)31-9-8-30-19)24(27)32-13-16-11-22(26)33-20-10-15(3)4-6-18(16)20/h4-7,10-12,14,23,25H,8-9,13H2,1-3H3. The van der Waals surface area contributed by atoms with E-state index in [2.05, 4.69) is 4.72 Å². The summed E-state index contributed by atoms with van der Waals surface area (Å²) in [6.07, 6.45) is 0. The lowest BCUT2D eigenvalue weighted by Crippen LogP contribution is -2.45. The molecule has 0 aliphatic carbocycles. The van der Waals surface area contributed by atoms with Gasteiger partial charge in [-0.05, 0) is 36.6 Å². The first-order valence-corrected chi connectivity index (χ1v) is 12.2. The van der Waals surface area contributed by atoms with Crippen LogP contribution in [0.3, 0.4) is 0 Å². The average Bonchev–Trinajstić information content (AvgIpc) is 2.80. The fourth-order valence-corrected chi connectivity index (χ4v) is 4.93. The summed E-state index contributed by atoms with van der Waals surface area (Å²) in [5, 5.41) is 0.635. The number of aryl methyl sites for hydroxylation is 1. The number of rotatable bonds is 7. The monoisotopic (exact) mass is 487 g/mol. The van der Waals surface area contributed by atoms with E-state index < -0.39 is 33.6 Å². The van der Waals surface area contributed by atoms with Gasteiger partial charge in [-0.15, -0.1) is 0 Å². The van der Waals surface area contributed by atoms with Crippen molar-refractivity contribution >= 4 is 27.0 Å². The molecule has 1 N–H and O–H groups in total. The molecule has 3 aromatic rings. The molecule has 1 aliphatic rings. The molecular formula is C24H25NO8S. The number of carbonyl (C=O) groups is 1. The molecule has 0 spiro atoms. The Balaban J connectivity index is 1.52. The molecule has 1 aliphatic heterocycles. The Bertz CT molecular complexity index is 1390. The Kier molecular flexibility index (Phi) is 6.63. The van der Waals surface area contributed by atoms with Crippen LogP contribution >= 0.6 is 0 Å². The van der Waals surface area contributed by atoms with Crippen molar-refractivity contribution in [1.29, 1.82) is 0 Å². The van der Waals surface area contributed by atoms with E-state index in [0.717, 1.165) is 5.56 Å². The first-order valence-electron chi connectivity index (χ1n) is 10.8. The van der Waals surface area contributed by atoms with Crippen LogP contribution in [0.15, 0.2) is 56.6 Å². The van der Waals surface area contributed by atoms with Crippen LogP contribution in [0.2, 0.25) is 0 Å². The van der Waals surface area contributed by atoms with E-state index in [9.17, 15) is 18.0 Å². The van der Waals surface area contributed by atoms with Gasteiger partial charge in [-0.1, -0.05) is 26.0 Å². The summed E-state index contributed by atoms with van der Waals surface area (Å²) in [6.45, 7) is 5.76. The highest BCUT2D eigenvalue weighted by molar-refractivity contribution is 7.89. The maximum Gasteiger partial charge on any atom is 0.336 e. The molecule has 0 fully saturated rings. The van der Waals surface area contributed by atoms with Crippen LogP contribution in [0.4, 0.5) is 0 Å². The van der Waals surface area contributed by atoms with E-state index >= 15 is 0 Å². The highest BCUT2D eigenvalue weighted by Gasteiger charge is 2.30. The van der Waals surface area contributed by atoms with E-state index in [1.807, 2.05) is 13.0 Å². The minimum atomic E-state index is -4.06. The lowest BCUT2D eigenvalue weighted by molar-refractivity contribution is -0.148. The zero-order valence-corrected chi connectivity index (χ0v) is 19.8. The molecule has 1 unspecified atom stereocenters. The number of benzene rings is 2. The van der Waals surface area contributed by atoms with Gasteiger partial charge in [-0.2, -0.15) is 4.72 Å². The quantitative estimate of drug-likeness (QED) is 0.399. The van der Waals surface area contributed by atoms with E-state index in [-0.39, 0.29) is 11.5 Å². The number of ether oxygens (including phenoxy) is 3. The van der Waals surface area contributed by atoms with Gasteiger partial charge in [0.2, 0.25) is 10.0 Å². The highest BCUT2D eigenvalue weighted by atomic mass is 32.2. The van der Waals surface area contributed by atoms with Crippen molar-refractivity contribution in [2.75, 3.05) is 13.2 Å². The molecule has 9 nitrogen and oxygen atoms in total. The maximum absolute atomic E-state index is 13.0. The van der Waals surface area contributed by atoms with Gasteiger partial charge in [0.15, 0.2) is 11.5 Å². The molecule has 34 heavy (non-hydrogen) atoms. The van der Waals surface area contributed by atoms with Crippen molar-refractivity contribution in [2.45, 2.75) is 38.3 Å². The third-order valence-electron chi connectivity index (χ3n) is 5.38. The lowest BCUT2D eigenvalue weighted by atomic mass is 10.1. The highest BCUT2D eigenvalue weighted by Crippen LogP contribution is 2.32. The summed E-state index contributed by atoms with van der Waals surface area (Å²) in [5.74, 6) is -0.382. The van der Waals surface area contributed by atoms with Gasteiger partial charge in [0, 0.05) is 23.1 Å². The van der Waals surface area contributed by atoms with Crippen LogP contribution in [0.5, 0.6) is 11.5 Å². The van der Waals surface area contributed by atoms with Crippen LogP contribution in [-0.4, -0.2) is 33.6 Å². The second-order valence-electron chi connectivity index (χ2n) is 8.35. The molecule has 0 bridgehead atoms. The number of hydrogen-bond acceptors (Lipinski definition) is 8. The van der Waals surface area contributed by atoms with Gasteiger partial charge >= 0.3 is 11.6 Å². The summed E-state index contributed by atoms with van der Waals surface area (Å²) in [5.41, 5.74) is 1.21. The van der Waals surface area contributed by atoms with Crippen molar-refractivity contribution in [3.05, 3.63) is 64.0 Å². The predicted octanol–water partition coefficient (Wildman–Crippen LogP) is 2.92. The molecular weight excluding hydrogens is 462 g/mol. The van der Waals surface area contributed by atoms with Crippen LogP contribution < -0.4 is 19.8 Å². The summed E-state index contributed by atoms with van der Waals surface area (Å²) >= 11 is 0. The molecule has 2 aromatic carbocycles. The Hall–Kier alpha value is -3.37. The fourth-order valence-electron chi connectivity index (χ4n) is 3.58. The maximum atomic E-state index is 13.0. The topological polar surface area (TPSA) is 121 Å². The number of nitrogens with one attached hydrogen (secondary N) is 1. The summed E-state index contributed by atoms with van der Waals surface area (Å²) in [6, 6.07) is 9.72. The molecule has 1 aromatic heterocycles. The van der Waals surface area contributed by atoms with E-state index in [1.165, 1.54) is 24.3 Å². The van der Waals surface area contributed by atoms with Crippen LogP contribution in [0, 0.1) is 12.8 Å². The summed E-state index contributed by atoms with van der Waals surface area (Å²) in [4.78, 5) is 24.8. The summed E-state index contributed by atoms with van der Waals surface area (Å²) in [7, 11) is -4.06. The first-order chi connectivity index (χ1) is 16.1. The van der Waals surface area contributed by atoms with Crippen molar-refractivity contribution in [3.63, 3.8) is 0 Å². The van der Waals surface area contributed by atoms with Gasteiger partial charge in [0.1, 0.15) is 31.4 Å². The lowest BCUT2D eigenvalue weighted by Gasteiger charge is -2.22. The zero-order chi connectivity index (χ0) is 24.5. The second-order valence-corrected chi connectivity index (χ2v) is 10.1. The largest absolute Gasteiger partial charge is 0.486 e. The Morgan fingerprint density at radius 2 is 1.79 bits per heavy atom. The molecule has 0 amide bonds. The molecule has 0 saturated heterocycles. The normalized spacial score (nSPS) is 14.2. The van der Waals surface area contributed by atoms with Gasteiger partial charge in [-0.25, -0.2) is 13.2 Å². The van der Waals surface area contributed by atoms with Crippen LogP contribution in [0.1, 0.15) is 25.0 Å². The Labute approximate surface area is 196 Å². The van der Waals surface area contributed by atoms with Crippen molar-refractivity contribution in [2.24, 2.45) is 5.92 Å². The third-order valence-corrected chi connectivity index (χ3v) is 6.82. The molecule has 2 heterocycles. The van der Waals surface area contributed by atoms with Gasteiger partial charge < -0.3 is 18.6 Å². The molecule has 1 atom stereocenters. The molecule has 0 saturated carbocycles. The minimum absolute atomic E-state index is 0.0581. The number of sulfonamides is 1. The van der Waals surface area contributed by atoms with Crippen molar-refractivity contribution < 1.29 is 31.8 Å². The SMILES string of the molecule is Cc1ccc2c(COC(=O)C(NS(=O)(=O)c3ccc4c(c3)OCCO4)C(C)C)cc(=O)oc2c1. The predicted molar refractivity (Wildman–Crippen MR) is 123 cm³/mol. The smallest absolute Gasteiger partial charge is 0.336 e. The molecule has 10 heteroatoms. The fraction of sp³-hybridized carbons (Fsp3) is 0.333. The third kappa shape index (κ3) is 5.07. The Morgan fingerprint density at radius 1 is 1.06 bits per heavy atom. The Morgan fingerprint density at radius 3 is 2.53 bits per heavy atom. The first kappa shape index (κ1) is 23.8. The molecule has 180 valence electrons. The number of fused-ring (bicyclic) bond motifs is 2. The zero-order valence-electron chi connectivity index (χ0n) is 19.0. The number of esters is 1. The van der Waals surface area contributed by atoms with E-state index in [0.29, 0.717) is 41.2 Å². The van der Waals surface area contributed by atoms with E-state index in [1.54, 1.807) is 26.0 Å². The van der Waals surface area contributed by atoms with Crippen LogP contribution in [0.25, 0.3) is 11.0 Å². The minimum Gasteiger partial charge on any atom is -0.486 e. The summed E-state index contributed by atoms with van der Waals surface area (Å²) < 4.78 is 49.9. The van der Waals surface area contributed by atoms with Crippen LogP contribution in [-0.2, 0) is 26.2 Å². The number of carbonyl (C=O) groups excluding carboxylic acids is 1.